The van der Waals surface area contributed by atoms with E-state index < -0.39 is 12.0 Å². The van der Waals surface area contributed by atoms with Crippen LogP contribution in [0.25, 0.3) is 0 Å². The van der Waals surface area contributed by atoms with Crippen molar-refractivity contribution in [1.82, 2.24) is 0 Å². The Balaban J connectivity index is 2.13. The van der Waals surface area contributed by atoms with Gasteiger partial charge in [0.15, 0.2) is 0 Å². The number of nitrogens with two attached hydrogens (primary N) is 1. The standard InChI is InChI=1S/C12H15NO2/c13-11(12(14)15)7-8-4-5-9-2-1-3-10(9)6-8/h4-6,11H,1-3,7,13H2,(H,14,15). The number of fused-ring (bicyclic) bond motifs is 1. The summed E-state index contributed by atoms with van der Waals surface area (Å²) in [6, 6.07) is 5.41. The van der Waals surface area contributed by atoms with Crippen LogP contribution in [0.5, 0.6) is 0 Å². The Hall–Kier alpha value is -1.35. The molecule has 0 saturated carbocycles. The van der Waals surface area contributed by atoms with E-state index in [1.807, 2.05) is 6.07 Å². The van der Waals surface area contributed by atoms with Crippen molar-refractivity contribution in [3.05, 3.63) is 34.9 Å². The number of benzene rings is 1. The maximum Gasteiger partial charge on any atom is 0.320 e. The van der Waals surface area contributed by atoms with Crippen LogP contribution in [0, 0.1) is 0 Å². The van der Waals surface area contributed by atoms with E-state index in [1.54, 1.807) is 0 Å². The van der Waals surface area contributed by atoms with Crippen LogP contribution in [0.15, 0.2) is 18.2 Å². The molecule has 2 rings (SSSR count). The summed E-state index contributed by atoms with van der Waals surface area (Å²) in [6.07, 6.45) is 3.90. The summed E-state index contributed by atoms with van der Waals surface area (Å²) in [7, 11) is 0. The zero-order chi connectivity index (χ0) is 10.8. The first-order valence-electron chi connectivity index (χ1n) is 5.26. The van der Waals surface area contributed by atoms with Gasteiger partial charge in [0, 0.05) is 0 Å². The summed E-state index contributed by atoms with van der Waals surface area (Å²) in [4.78, 5) is 10.6. The summed E-state index contributed by atoms with van der Waals surface area (Å²) in [6.45, 7) is 0. The van der Waals surface area contributed by atoms with E-state index in [9.17, 15) is 4.79 Å². The molecule has 0 heterocycles. The number of aliphatic carboxylic acids is 1. The normalized spacial score (nSPS) is 16.1. The van der Waals surface area contributed by atoms with Crippen LogP contribution in [0.3, 0.4) is 0 Å². The molecule has 0 bridgehead atoms. The van der Waals surface area contributed by atoms with Gasteiger partial charge >= 0.3 is 5.97 Å². The van der Waals surface area contributed by atoms with Crippen molar-refractivity contribution >= 4 is 5.97 Å². The van der Waals surface area contributed by atoms with Crippen molar-refractivity contribution < 1.29 is 9.90 Å². The first kappa shape index (κ1) is 10.2. The van der Waals surface area contributed by atoms with Crippen LogP contribution < -0.4 is 5.73 Å². The van der Waals surface area contributed by atoms with E-state index in [4.69, 9.17) is 10.8 Å². The highest BCUT2D eigenvalue weighted by Crippen LogP contribution is 2.23. The number of carbonyl (C=O) groups is 1. The molecule has 0 radical (unpaired) electrons. The summed E-state index contributed by atoms with van der Waals surface area (Å²) < 4.78 is 0. The number of carboxylic acids is 1. The van der Waals surface area contributed by atoms with Gasteiger partial charge < -0.3 is 10.8 Å². The van der Waals surface area contributed by atoms with Crippen LogP contribution in [0.2, 0.25) is 0 Å². The van der Waals surface area contributed by atoms with Gasteiger partial charge in [0.05, 0.1) is 0 Å². The molecule has 0 fully saturated rings. The van der Waals surface area contributed by atoms with E-state index in [2.05, 4.69) is 12.1 Å². The minimum Gasteiger partial charge on any atom is -0.480 e. The second-order valence-corrected chi connectivity index (χ2v) is 4.11. The van der Waals surface area contributed by atoms with Gasteiger partial charge in [0.2, 0.25) is 0 Å². The highest BCUT2D eigenvalue weighted by Gasteiger charge is 2.15. The van der Waals surface area contributed by atoms with Gasteiger partial charge in [-0.25, -0.2) is 0 Å². The zero-order valence-electron chi connectivity index (χ0n) is 8.57. The second-order valence-electron chi connectivity index (χ2n) is 4.11. The molecule has 1 aromatic rings. The van der Waals surface area contributed by atoms with Gasteiger partial charge in [-0.05, 0) is 42.4 Å². The Bertz CT molecular complexity index is 387. The van der Waals surface area contributed by atoms with Crippen LogP contribution in [0.4, 0.5) is 0 Å². The first-order valence-corrected chi connectivity index (χ1v) is 5.26. The molecular formula is C12H15NO2. The maximum atomic E-state index is 10.6. The fourth-order valence-electron chi connectivity index (χ4n) is 2.09. The minimum absolute atomic E-state index is 0.419. The Morgan fingerprint density at radius 1 is 1.40 bits per heavy atom. The molecule has 0 aliphatic heterocycles. The Morgan fingerprint density at radius 2 is 2.13 bits per heavy atom. The van der Waals surface area contributed by atoms with Crippen molar-refractivity contribution in [2.45, 2.75) is 31.7 Å². The van der Waals surface area contributed by atoms with E-state index in [1.165, 1.54) is 17.5 Å². The Kier molecular flexibility index (Phi) is 2.73. The van der Waals surface area contributed by atoms with E-state index in [0.29, 0.717) is 6.42 Å². The SMILES string of the molecule is NC(Cc1ccc2c(c1)CCC2)C(=O)O. The smallest absolute Gasteiger partial charge is 0.320 e. The lowest BCUT2D eigenvalue weighted by molar-refractivity contribution is -0.138. The largest absolute Gasteiger partial charge is 0.480 e. The van der Waals surface area contributed by atoms with Gasteiger partial charge in [-0.15, -0.1) is 0 Å². The number of hydrogen-bond acceptors (Lipinski definition) is 2. The quantitative estimate of drug-likeness (QED) is 0.777. The zero-order valence-corrected chi connectivity index (χ0v) is 8.57. The number of carboxylic acid groups (broad SMARTS) is 1. The van der Waals surface area contributed by atoms with Crippen LogP contribution in [-0.2, 0) is 24.1 Å². The van der Waals surface area contributed by atoms with E-state index in [0.717, 1.165) is 18.4 Å². The molecule has 3 N–H and O–H groups in total. The maximum absolute atomic E-state index is 10.6. The van der Waals surface area contributed by atoms with Crippen LogP contribution in [-0.4, -0.2) is 17.1 Å². The van der Waals surface area contributed by atoms with Crippen molar-refractivity contribution in [2.75, 3.05) is 0 Å². The lowest BCUT2D eigenvalue weighted by Crippen LogP contribution is -2.32. The highest BCUT2D eigenvalue weighted by atomic mass is 16.4. The molecule has 0 amide bonds. The topological polar surface area (TPSA) is 63.3 Å². The summed E-state index contributed by atoms with van der Waals surface area (Å²) in [5.41, 5.74) is 9.30. The number of aryl methyl sites for hydroxylation is 2. The molecule has 0 spiro atoms. The van der Waals surface area contributed by atoms with Crippen molar-refractivity contribution in [1.29, 1.82) is 0 Å². The van der Waals surface area contributed by atoms with Gasteiger partial charge in [0.1, 0.15) is 6.04 Å². The van der Waals surface area contributed by atoms with Gasteiger partial charge in [-0.1, -0.05) is 18.2 Å². The van der Waals surface area contributed by atoms with Crippen molar-refractivity contribution in [2.24, 2.45) is 5.73 Å². The number of rotatable bonds is 3. The third-order valence-electron chi connectivity index (χ3n) is 2.94. The average molecular weight is 205 g/mol. The molecule has 3 heteroatoms. The minimum atomic E-state index is -0.935. The molecule has 0 saturated heterocycles. The monoisotopic (exact) mass is 205 g/mol. The molecule has 15 heavy (non-hydrogen) atoms. The first-order chi connectivity index (χ1) is 7.16. The van der Waals surface area contributed by atoms with E-state index >= 15 is 0 Å². The molecule has 1 aliphatic rings. The molecule has 0 aromatic heterocycles. The van der Waals surface area contributed by atoms with Gasteiger partial charge in [0.25, 0.3) is 0 Å². The third-order valence-corrected chi connectivity index (χ3v) is 2.94. The number of hydrogen-bond donors (Lipinski definition) is 2. The molecule has 1 atom stereocenters. The molecule has 1 aliphatic carbocycles. The van der Waals surface area contributed by atoms with Crippen molar-refractivity contribution in [3.63, 3.8) is 0 Å². The highest BCUT2D eigenvalue weighted by molar-refractivity contribution is 5.73. The summed E-state index contributed by atoms with van der Waals surface area (Å²) in [5, 5.41) is 8.71. The molecule has 1 unspecified atom stereocenters. The molecule has 80 valence electrons. The Morgan fingerprint density at radius 3 is 2.87 bits per heavy atom. The molecular weight excluding hydrogens is 190 g/mol. The van der Waals surface area contributed by atoms with Gasteiger partial charge in [-0.2, -0.15) is 0 Å². The summed E-state index contributed by atoms with van der Waals surface area (Å²) >= 11 is 0. The lowest BCUT2D eigenvalue weighted by Gasteiger charge is -2.08. The predicted molar refractivity (Wildman–Crippen MR) is 57.8 cm³/mol. The second kappa shape index (κ2) is 4.03. The predicted octanol–water partition coefficient (Wildman–Crippen LogP) is 1.13. The molecule has 1 aromatic carbocycles. The van der Waals surface area contributed by atoms with Crippen molar-refractivity contribution in [3.8, 4) is 0 Å². The van der Waals surface area contributed by atoms with Crippen LogP contribution >= 0.6 is 0 Å². The fourth-order valence-corrected chi connectivity index (χ4v) is 2.09. The lowest BCUT2D eigenvalue weighted by atomic mass is 10.0. The molecule has 3 nitrogen and oxygen atoms in total. The van der Waals surface area contributed by atoms with Crippen LogP contribution in [0.1, 0.15) is 23.1 Å². The van der Waals surface area contributed by atoms with E-state index in [-0.39, 0.29) is 0 Å². The fraction of sp³-hybridized carbons (Fsp3) is 0.417. The third kappa shape index (κ3) is 2.18. The Labute approximate surface area is 88.9 Å². The van der Waals surface area contributed by atoms with Gasteiger partial charge in [-0.3, -0.25) is 4.79 Å². The average Bonchev–Trinajstić information content (AvgIpc) is 2.64. The summed E-state index contributed by atoms with van der Waals surface area (Å²) in [5.74, 6) is -0.935.